The maximum absolute atomic E-state index is 12.0. The number of benzene rings is 1. The Balaban J connectivity index is 1.56. The zero-order valence-corrected chi connectivity index (χ0v) is 13.6. The van der Waals surface area contributed by atoms with E-state index in [4.69, 9.17) is 0 Å². The summed E-state index contributed by atoms with van der Waals surface area (Å²) in [7, 11) is -2.99. The predicted octanol–water partition coefficient (Wildman–Crippen LogP) is 0.659. The molecule has 0 aliphatic carbocycles. The molecule has 0 radical (unpaired) electrons. The molecule has 7 heteroatoms. The first kappa shape index (κ1) is 16.0. The van der Waals surface area contributed by atoms with E-state index in [9.17, 15) is 18.0 Å². The summed E-state index contributed by atoms with van der Waals surface area (Å²) in [6.07, 6.45) is 2.18. The standard InChI is InChI=1S/C16H20N2O4S/c19-15(17-13-7-9-23(21,22)11-13)10-12-3-5-14(6-4-12)18-8-1-2-16(18)20/h3-6,13H,1-2,7-11H2,(H,17,19)/t13-/m0/s1. The van der Waals surface area contributed by atoms with Gasteiger partial charge in [-0.1, -0.05) is 12.1 Å². The molecule has 0 saturated carbocycles. The average Bonchev–Trinajstić information content (AvgIpc) is 3.05. The second kappa shape index (κ2) is 6.31. The molecule has 1 N–H and O–H groups in total. The Morgan fingerprint density at radius 1 is 1.26 bits per heavy atom. The number of rotatable bonds is 4. The van der Waals surface area contributed by atoms with E-state index < -0.39 is 9.84 Å². The van der Waals surface area contributed by atoms with Crippen LogP contribution in [0, 0.1) is 0 Å². The smallest absolute Gasteiger partial charge is 0.227 e. The van der Waals surface area contributed by atoms with E-state index >= 15 is 0 Å². The van der Waals surface area contributed by atoms with Crippen molar-refractivity contribution in [2.45, 2.75) is 31.7 Å². The molecule has 0 aromatic heterocycles. The summed E-state index contributed by atoms with van der Waals surface area (Å²) in [5.74, 6) is 0.153. The Labute approximate surface area is 135 Å². The molecule has 2 aliphatic heterocycles. The summed E-state index contributed by atoms with van der Waals surface area (Å²) in [5, 5.41) is 2.78. The summed E-state index contributed by atoms with van der Waals surface area (Å²) in [4.78, 5) is 25.5. The Morgan fingerprint density at radius 3 is 2.57 bits per heavy atom. The lowest BCUT2D eigenvalue weighted by Gasteiger charge is -2.16. The first-order chi connectivity index (χ1) is 10.9. The molecule has 0 unspecified atom stereocenters. The van der Waals surface area contributed by atoms with Crippen molar-refractivity contribution in [2.24, 2.45) is 0 Å². The zero-order valence-electron chi connectivity index (χ0n) is 12.8. The number of sulfone groups is 1. The SMILES string of the molecule is O=C(Cc1ccc(N2CCCC2=O)cc1)N[C@H]1CCS(=O)(=O)C1. The normalized spacial score (nSPS) is 23.2. The Hall–Kier alpha value is -1.89. The van der Waals surface area contributed by atoms with Crippen molar-refractivity contribution < 1.29 is 18.0 Å². The predicted molar refractivity (Wildman–Crippen MR) is 86.9 cm³/mol. The van der Waals surface area contributed by atoms with Crippen LogP contribution in [0.2, 0.25) is 0 Å². The van der Waals surface area contributed by atoms with Gasteiger partial charge in [0.25, 0.3) is 0 Å². The van der Waals surface area contributed by atoms with Crippen LogP contribution in [-0.2, 0) is 25.8 Å². The third-order valence-electron chi connectivity index (χ3n) is 4.28. The highest BCUT2D eigenvalue weighted by Crippen LogP contribution is 2.21. The van der Waals surface area contributed by atoms with Gasteiger partial charge in [-0.2, -0.15) is 0 Å². The van der Waals surface area contributed by atoms with E-state index in [2.05, 4.69) is 5.32 Å². The highest BCUT2D eigenvalue weighted by atomic mass is 32.2. The summed E-state index contributed by atoms with van der Waals surface area (Å²) in [6.45, 7) is 0.745. The van der Waals surface area contributed by atoms with Gasteiger partial charge < -0.3 is 10.2 Å². The quantitative estimate of drug-likeness (QED) is 0.875. The molecule has 2 saturated heterocycles. The number of anilines is 1. The molecule has 1 aromatic carbocycles. The molecular weight excluding hydrogens is 316 g/mol. The highest BCUT2D eigenvalue weighted by molar-refractivity contribution is 7.91. The molecule has 1 aromatic rings. The second-order valence-corrected chi connectivity index (χ2v) is 8.39. The topological polar surface area (TPSA) is 83.6 Å². The fourth-order valence-electron chi connectivity index (χ4n) is 3.09. The van der Waals surface area contributed by atoms with Gasteiger partial charge in [-0.05, 0) is 30.5 Å². The third-order valence-corrected chi connectivity index (χ3v) is 6.05. The van der Waals surface area contributed by atoms with Crippen LogP contribution >= 0.6 is 0 Å². The maximum Gasteiger partial charge on any atom is 0.227 e. The van der Waals surface area contributed by atoms with Crippen molar-refractivity contribution in [2.75, 3.05) is 23.0 Å². The largest absolute Gasteiger partial charge is 0.352 e. The van der Waals surface area contributed by atoms with Crippen LogP contribution in [0.1, 0.15) is 24.8 Å². The highest BCUT2D eigenvalue weighted by Gasteiger charge is 2.28. The van der Waals surface area contributed by atoms with E-state index in [-0.39, 0.29) is 35.8 Å². The van der Waals surface area contributed by atoms with Gasteiger partial charge in [0, 0.05) is 24.7 Å². The molecule has 2 fully saturated rings. The lowest BCUT2D eigenvalue weighted by Crippen LogP contribution is -2.36. The van der Waals surface area contributed by atoms with Crippen molar-refractivity contribution in [3.8, 4) is 0 Å². The lowest BCUT2D eigenvalue weighted by molar-refractivity contribution is -0.121. The van der Waals surface area contributed by atoms with Crippen LogP contribution in [0.3, 0.4) is 0 Å². The monoisotopic (exact) mass is 336 g/mol. The van der Waals surface area contributed by atoms with Crippen molar-refractivity contribution >= 4 is 27.3 Å². The van der Waals surface area contributed by atoms with Gasteiger partial charge in [-0.3, -0.25) is 9.59 Å². The second-order valence-electron chi connectivity index (χ2n) is 6.16. The number of carbonyl (C=O) groups excluding carboxylic acids is 2. The van der Waals surface area contributed by atoms with Crippen LogP contribution in [0.15, 0.2) is 24.3 Å². The third kappa shape index (κ3) is 3.90. The lowest BCUT2D eigenvalue weighted by atomic mass is 10.1. The molecule has 2 amide bonds. The summed E-state index contributed by atoms with van der Waals surface area (Å²) in [5.41, 5.74) is 1.71. The number of hydrogen-bond donors (Lipinski definition) is 1. The van der Waals surface area contributed by atoms with Crippen LogP contribution < -0.4 is 10.2 Å². The van der Waals surface area contributed by atoms with Gasteiger partial charge in [-0.15, -0.1) is 0 Å². The fraction of sp³-hybridized carbons (Fsp3) is 0.500. The number of amides is 2. The molecule has 2 heterocycles. The Bertz CT molecular complexity index is 712. The average molecular weight is 336 g/mol. The first-order valence-electron chi connectivity index (χ1n) is 7.82. The van der Waals surface area contributed by atoms with Crippen molar-refractivity contribution in [3.63, 3.8) is 0 Å². The molecular formula is C16H20N2O4S. The molecule has 124 valence electrons. The zero-order chi connectivity index (χ0) is 16.4. The fourth-order valence-corrected chi connectivity index (χ4v) is 4.76. The van der Waals surface area contributed by atoms with Crippen molar-refractivity contribution in [3.05, 3.63) is 29.8 Å². The molecule has 1 atom stereocenters. The van der Waals surface area contributed by atoms with E-state index in [1.54, 1.807) is 4.90 Å². The van der Waals surface area contributed by atoms with Gasteiger partial charge in [0.2, 0.25) is 11.8 Å². The summed E-state index contributed by atoms with van der Waals surface area (Å²) >= 11 is 0. The number of nitrogens with zero attached hydrogens (tertiary/aromatic N) is 1. The number of nitrogens with one attached hydrogen (secondary N) is 1. The number of hydrogen-bond acceptors (Lipinski definition) is 4. The molecule has 0 spiro atoms. The first-order valence-corrected chi connectivity index (χ1v) is 9.64. The van der Waals surface area contributed by atoms with E-state index in [1.165, 1.54) is 0 Å². The van der Waals surface area contributed by atoms with Crippen molar-refractivity contribution in [1.29, 1.82) is 0 Å². The Morgan fingerprint density at radius 2 is 2.00 bits per heavy atom. The van der Waals surface area contributed by atoms with Gasteiger partial charge in [-0.25, -0.2) is 8.42 Å². The summed E-state index contributed by atoms with van der Waals surface area (Å²) in [6, 6.07) is 7.12. The van der Waals surface area contributed by atoms with Crippen LogP contribution in [-0.4, -0.2) is 44.3 Å². The Kier molecular flexibility index (Phi) is 4.39. The van der Waals surface area contributed by atoms with Crippen LogP contribution in [0.4, 0.5) is 5.69 Å². The van der Waals surface area contributed by atoms with Crippen LogP contribution in [0.5, 0.6) is 0 Å². The minimum Gasteiger partial charge on any atom is -0.352 e. The van der Waals surface area contributed by atoms with Crippen LogP contribution in [0.25, 0.3) is 0 Å². The van der Waals surface area contributed by atoms with E-state index in [1.807, 2.05) is 24.3 Å². The maximum atomic E-state index is 12.0. The van der Waals surface area contributed by atoms with Gasteiger partial charge in [0.1, 0.15) is 0 Å². The van der Waals surface area contributed by atoms with Gasteiger partial charge in [0.05, 0.1) is 17.9 Å². The van der Waals surface area contributed by atoms with Gasteiger partial charge in [0.15, 0.2) is 9.84 Å². The van der Waals surface area contributed by atoms with Gasteiger partial charge >= 0.3 is 0 Å². The summed E-state index contributed by atoms with van der Waals surface area (Å²) < 4.78 is 22.8. The molecule has 0 bridgehead atoms. The molecule has 6 nitrogen and oxygen atoms in total. The minimum atomic E-state index is -2.99. The molecule has 23 heavy (non-hydrogen) atoms. The molecule has 3 rings (SSSR count). The van der Waals surface area contributed by atoms with Crippen molar-refractivity contribution in [1.82, 2.24) is 5.32 Å². The number of carbonyl (C=O) groups is 2. The minimum absolute atomic E-state index is 0.0365. The van der Waals surface area contributed by atoms with E-state index in [0.29, 0.717) is 12.8 Å². The van der Waals surface area contributed by atoms with E-state index in [0.717, 1.165) is 24.2 Å². The molecule has 2 aliphatic rings.